The minimum atomic E-state index is -0.608. The van der Waals surface area contributed by atoms with Gasteiger partial charge in [0.05, 0.1) is 6.33 Å². The number of amides is 1. The molecule has 0 bridgehead atoms. The molecule has 0 saturated heterocycles. The highest BCUT2D eigenvalue weighted by atomic mass is 16.1. The Labute approximate surface area is 116 Å². The van der Waals surface area contributed by atoms with Crippen molar-refractivity contribution in [2.75, 3.05) is 13.6 Å². The number of aromatic amines is 1. The van der Waals surface area contributed by atoms with E-state index in [1.807, 2.05) is 25.2 Å². The Morgan fingerprint density at radius 1 is 1.40 bits per heavy atom. The van der Waals surface area contributed by atoms with Crippen LogP contribution in [0.4, 0.5) is 5.82 Å². The van der Waals surface area contributed by atoms with Gasteiger partial charge in [0.2, 0.25) is 5.82 Å². The average Bonchev–Trinajstić information content (AvgIpc) is 2.92. The number of nitrogens with zero attached hydrogens (tertiary/aromatic N) is 4. The summed E-state index contributed by atoms with van der Waals surface area (Å²) in [6.07, 6.45) is 2.22. The van der Waals surface area contributed by atoms with Crippen molar-refractivity contribution in [3.05, 3.63) is 47.9 Å². The minimum Gasteiger partial charge on any atom is -0.364 e. The molecule has 0 unspecified atom stereocenters. The van der Waals surface area contributed by atoms with Gasteiger partial charge in [0.15, 0.2) is 5.69 Å². The van der Waals surface area contributed by atoms with Crippen molar-refractivity contribution in [2.24, 2.45) is 16.1 Å². The first-order valence-corrected chi connectivity index (χ1v) is 6.16. The number of hydrogen-bond donors (Lipinski definition) is 2. The van der Waals surface area contributed by atoms with Crippen LogP contribution in [0.25, 0.3) is 0 Å². The Hall–Kier alpha value is -2.70. The highest BCUT2D eigenvalue weighted by Gasteiger charge is 2.10. The molecule has 0 radical (unpaired) electrons. The van der Waals surface area contributed by atoms with Crippen LogP contribution in [0.5, 0.6) is 0 Å². The number of H-pyrrole nitrogens is 1. The highest BCUT2D eigenvalue weighted by molar-refractivity contribution is 5.94. The van der Waals surface area contributed by atoms with Crippen LogP contribution in [0.3, 0.4) is 0 Å². The van der Waals surface area contributed by atoms with Gasteiger partial charge in [-0.3, -0.25) is 9.80 Å². The second-order valence-electron chi connectivity index (χ2n) is 4.27. The third-order valence-corrected chi connectivity index (χ3v) is 2.72. The van der Waals surface area contributed by atoms with Gasteiger partial charge in [0, 0.05) is 13.6 Å². The second kappa shape index (κ2) is 6.46. The number of carbonyl (C=O) groups excluding carboxylic acids is 1. The van der Waals surface area contributed by atoms with Crippen molar-refractivity contribution in [1.29, 1.82) is 0 Å². The first kappa shape index (κ1) is 13.7. The van der Waals surface area contributed by atoms with E-state index >= 15 is 0 Å². The summed E-state index contributed by atoms with van der Waals surface area (Å²) in [7, 11) is 1.81. The number of carbonyl (C=O) groups is 1. The van der Waals surface area contributed by atoms with Crippen LogP contribution in [0.1, 0.15) is 16.1 Å². The molecule has 0 atom stereocenters. The zero-order valence-corrected chi connectivity index (χ0v) is 11.2. The summed E-state index contributed by atoms with van der Waals surface area (Å²) >= 11 is 0. The topological polar surface area (TPSA) is 99.7 Å². The summed E-state index contributed by atoms with van der Waals surface area (Å²) in [5.74, 6) is -0.410. The monoisotopic (exact) mass is 272 g/mol. The lowest BCUT2D eigenvalue weighted by molar-refractivity contribution is 0.0996. The number of hydrogen-bond acceptors (Lipinski definition) is 4. The summed E-state index contributed by atoms with van der Waals surface area (Å²) in [5.41, 5.74) is 6.56. The Morgan fingerprint density at radius 2 is 2.15 bits per heavy atom. The number of imidazole rings is 1. The molecule has 104 valence electrons. The molecule has 2 rings (SSSR count). The normalized spacial score (nSPS) is 10.8. The van der Waals surface area contributed by atoms with Gasteiger partial charge in [-0.2, -0.15) is 0 Å². The van der Waals surface area contributed by atoms with Crippen molar-refractivity contribution in [2.45, 2.75) is 6.42 Å². The number of benzene rings is 1. The molecule has 2 aromatic rings. The molecule has 0 saturated carbocycles. The summed E-state index contributed by atoms with van der Waals surface area (Å²) in [6.45, 7) is 0.712. The summed E-state index contributed by atoms with van der Waals surface area (Å²) in [6, 6.07) is 10.1. The molecule has 1 aromatic carbocycles. The summed E-state index contributed by atoms with van der Waals surface area (Å²) < 4.78 is 0. The molecule has 3 N–H and O–H groups in total. The van der Waals surface area contributed by atoms with E-state index in [0.29, 0.717) is 6.54 Å². The fourth-order valence-electron chi connectivity index (χ4n) is 1.64. The average molecular weight is 272 g/mol. The van der Waals surface area contributed by atoms with Gasteiger partial charge in [0.25, 0.3) is 5.91 Å². The van der Waals surface area contributed by atoms with E-state index in [0.717, 1.165) is 6.42 Å². The van der Waals surface area contributed by atoms with Crippen molar-refractivity contribution < 1.29 is 4.79 Å². The van der Waals surface area contributed by atoms with E-state index in [1.54, 1.807) is 5.01 Å². The predicted octanol–water partition coefficient (Wildman–Crippen LogP) is 1.68. The number of likely N-dealkylation sites (N-methyl/N-ethyl adjacent to an activating group) is 1. The van der Waals surface area contributed by atoms with E-state index in [4.69, 9.17) is 5.73 Å². The Bertz CT molecular complexity index is 592. The van der Waals surface area contributed by atoms with Crippen LogP contribution in [0, 0.1) is 0 Å². The molecule has 1 heterocycles. The van der Waals surface area contributed by atoms with Crippen molar-refractivity contribution >= 4 is 11.7 Å². The molecule has 0 fully saturated rings. The molecule has 0 aliphatic carbocycles. The zero-order chi connectivity index (χ0) is 14.4. The van der Waals surface area contributed by atoms with E-state index in [9.17, 15) is 4.79 Å². The molecular weight excluding hydrogens is 256 g/mol. The molecule has 20 heavy (non-hydrogen) atoms. The fraction of sp³-hybridized carbons (Fsp3) is 0.231. The highest BCUT2D eigenvalue weighted by Crippen LogP contribution is 2.13. The number of nitrogens with two attached hydrogens (primary N) is 1. The number of primary amides is 1. The SMILES string of the molecule is CN(CCc1ccccc1)/N=N/c1nc[nH]c1C(N)=O. The third kappa shape index (κ3) is 3.64. The molecule has 0 aliphatic rings. The van der Waals surface area contributed by atoms with Gasteiger partial charge in [-0.15, -0.1) is 5.11 Å². The number of rotatable bonds is 6. The predicted molar refractivity (Wildman–Crippen MR) is 74.4 cm³/mol. The van der Waals surface area contributed by atoms with Crippen LogP contribution in [0.2, 0.25) is 0 Å². The van der Waals surface area contributed by atoms with Gasteiger partial charge in [-0.1, -0.05) is 35.6 Å². The van der Waals surface area contributed by atoms with Crippen LogP contribution in [-0.2, 0) is 6.42 Å². The largest absolute Gasteiger partial charge is 0.364 e. The second-order valence-corrected chi connectivity index (χ2v) is 4.27. The van der Waals surface area contributed by atoms with Crippen molar-refractivity contribution in [3.8, 4) is 0 Å². The molecule has 1 amide bonds. The number of aromatic nitrogens is 2. The van der Waals surface area contributed by atoms with Crippen LogP contribution in [0.15, 0.2) is 47.0 Å². The lowest BCUT2D eigenvalue weighted by Crippen LogP contribution is -2.14. The third-order valence-electron chi connectivity index (χ3n) is 2.72. The first-order chi connectivity index (χ1) is 9.66. The molecular formula is C13H16N6O. The van der Waals surface area contributed by atoms with Crippen LogP contribution >= 0.6 is 0 Å². The fourth-order valence-corrected chi connectivity index (χ4v) is 1.64. The van der Waals surface area contributed by atoms with Crippen LogP contribution < -0.4 is 5.73 Å². The maximum absolute atomic E-state index is 11.1. The molecule has 7 nitrogen and oxygen atoms in total. The minimum absolute atomic E-state index is 0.158. The molecule has 1 aromatic heterocycles. The Kier molecular flexibility index (Phi) is 4.43. The van der Waals surface area contributed by atoms with Gasteiger partial charge in [-0.05, 0) is 12.0 Å². The van der Waals surface area contributed by atoms with E-state index in [-0.39, 0.29) is 11.5 Å². The van der Waals surface area contributed by atoms with E-state index in [2.05, 4.69) is 32.4 Å². The smallest absolute Gasteiger partial charge is 0.269 e. The maximum atomic E-state index is 11.1. The Balaban J connectivity index is 1.91. The van der Waals surface area contributed by atoms with Gasteiger partial charge in [-0.25, -0.2) is 4.98 Å². The van der Waals surface area contributed by atoms with E-state index < -0.39 is 5.91 Å². The van der Waals surface area contributed by atoms with Crippen molar-refractivity contribution in [1.82, 2.24) is 15.0 Å². The first-order valence-electron chi connectivity index (χ1n) is 6.16. The van der Waals surface area contributed by atoms with Gasteiger partial charge in [0.1, 0.15) is 0 Å². The summed E-state index contributed by atoms with van der Waals surface area (Å²) in [5, 5.41) is 9.59. The standard InChI is InChI=1S/C13H16N6O/c1-19(8-7-10-5-3-2-4-6-10)18-17-13-11(12(14)20)15-9-16-13/h2-6,9H,7-8H2,1H3,(H2,14,20)(H,15,16)/b18-17+. The number of nitrogens with one attached hydrogen (secondary N) is 1. The Morgan fingerprint density at radius 3 is 2.85 bits per heavy atom. The van der Waals surface area contributed by atoms with E-state index in [1.165, 1.54) is 11.9 Å². The molecule has 0 aliphatic heterocycles. The molecule has 0 spiro atoms. The molecule has 7 heteroatoms. The maximum Gasteiger partial charge on any atom is 0.269 e. The van der Waals surface area contributed by atoms with Crippen LogP contribution in [-0.4, -0.2) is 34.5 Å². The zero-order valence-electron chi connectivity index (χ0n) is 11.2. The lowest BCUT2D eigenvalue weighted by atomic mass is 10.1. The van der Waals surface area contributed by atoms with Gasteiger partial charge >= 0.3 is 0 Å². The summed E-state index contributed by atoms with van der Waals surface area (Å²) in [4.78, 5) is 17.6. The van der Waals surface area contributed by atoms with Crippen molar-refractivity contribution in [3.63, 3.8) is 0 Å². The quantitative estimate of drug-likeness (QED) is 0.618. The lowest BCUT2D eigenvalue weighted by Gasteiger charge is -2.10. The van der Waals surface area contributed by atoms with Gasteiger partial charge < -0.3 is 10.7 Å².